The zero-order valence-electron chi connectivity index (χ0n) is 17.4. The third kappa shape index (κ3) is 4.17. The van der Waals surface area contributed by atoms with E-state index in [2.05, 4.69) is 0 Å². The van der Waals surface area contributed by atoms with Gasteiger partial charge in [-0.3, -0.25) is 4.79 Å². The maximum Gasteiger partial charge on any atom is 0.309 e. The van der Waals surface area contributed by atoms with E-state index >= 15 is 0 Å². The molecule has 1 saturated heterocycles. The Labute approximate surface area is 174 Å². The van der Waals surface area contributed by atoms with Crippen LogP contribution >= 0.6 is 0 Å². The van der Waals surface area contributed by atoms with Crippen molar-refractivity contribution in [2.75, 3.05) is 35.0 Å². The molecule has 1 aliphatic heterocycles. The summed E-state index contributed by atoms with van der Waals surface area (Å²) in [6, 6.07) is 6.83. The second kappa shape index (κ2) is 9.02. The number of hydrogen-bond donors (Lipinski definition) is 2. The first kappa shape index (κ1) is 21.4. The number of methoxy groups -OCH3 is 4. The van der Waals surface area contributed by atoms with Crippen LogP contribution in [0.15, 0.2) is 24.3 Å². The maximum atomic E-state index is 12.4. The van der Waals surface area contributed by atoms with Crippen LogP contribution in [0.5, 0.6) is 34.5 Å². The van der Waals surface area contributed by atoms with Crippen molar-refractivity contribution in [3.63, 3.8) is 0 Å². The molecule has 0 aromatic heterocycles. The number of hydrogen-bond acceptors (Lipinski definition) is 8. The van der Waals surface area contributed by atoms with Crippen molar-refractivity contribution in [2.45, 2.75) is 12.8 Å². The van der Waals surface area contributed by atoms with Crippen molar-refractivity contribution in [3.05, 3.63) is 35.4 Å². The summed E-state index contributed by atoms with van der Waals surface area (Å²) in [5, 5.41) is 20.2. The van der Waals surface area contributed by atoms with Gasteiger partial charge in [0.25, 0.3) is 0 Å². The van der Waals surface area contributed by atoms with E-state index in [0.717, 1.165) is 11.1 Å². The van der Waals surface area contributed by atoms with Gasteiger partial charge in [0.2, 0.25) is 11.5 Å². The minimum Gasteiger partial charge on any atom is -0.502 e. The van der Waals surface area contributed by atoms with Gasteiger partial charge in [0, 0.05) is 5.92 Å². The van der Waals surface area contributed by atoms with E-state index in [0.29, 0.717) is 30.9 Å². The molecule has 0 unspecified atom stereocenters. The molecular weight excluding hydrogens is 392 g/mol. The molecule has 0 bridgehead atoms. The lowest BCUT2D eigenvalue weighted by Gasteiger charge is -2.18. The molecule has 1 heterocycles. The Hall–Kier alpha value is -3.29. The van der Waals surface area contributed by atoms with Crippen molar-refractivity contribution >= 4 is 5.97 Å². The predicted molar refractivity (Wildman–Crippen MR) is 108 cm³/mol. The lowest BCUT2D eigenvalue weighted by atomic mass is 9.85. The molecule has 0 spiro atoms. The third-order valence-corrected chi connectivity index (χ3v) is 5.34. The van der Waals surface area contributed by atoms with Gasteiger partial charge in [0.15, 0.2) is 23.0 Å². The molecule has 8 heteroatoms. The Morgan fingerprint density at radius 2 is 1.20 bits per heavy atom. The number of aromatic hydroxyl groups is 2. The van der Waals surface area contributed by atoms with Crippen LogP contribution in [0.3, 0.4) is 0 Å². The van der Waals surface area contributed by atoms with Gasteiger partial charge in [-0.1, -0.05) is 0 Å². The Morgan fingerprint density at radius 1 is 0.800 bits per heavy atom. The van der Waals surface area contributed by atoms with Crippen molar-refractivity contribution < 1.29 is 38.7 Å². The first-order valence-electron chi connectivity index (χ1n) is 9.46. The van der Waals surface area contributed by atoms with Crippen molar-refractivity contribution in [3.8, 4) is 34.5 Å². The smallest absolute Gasteiger partial charge is 0.309 e. The molecular formula is C22H26O8. The number of carbonyl (C=O) groups excluding carboxylic acids is 1. The fourth-order valence-corrected chi connectivity index (χ4v) is 3.74. The SMILES string of the molecule is COc1cc(C[C@@H]2COC(=O)[C@H]2Cc2cc(OC)c(O)c(OC)c2)cc(OC)c1O. The van der Waals surface area contributed by atoms with Gasteiger partial charge in [-0.2, -0.15) is 0 Å². The zero-order valence-corrected chi connectivity index (χ0v) is 17.4. The highest BCUT2D eigenvalue weighted by Gasteiger charge is 2.37. The van der Waals surface area contributed by atoms with E-state index in [1.165, 1.54) is 28.4 Å². The number of phenolic OH excluding ortho intramolecular Hbond substituents is 2. The highest BCUT2D eigenvalue weighted by molar-refractivity contribution is 5.75. The summed E-state index contributed by atoms with van der Waals surface area (Å²) in [5.74, 6) is 0.277. The summed E-state index contributed by atoms with van der Waals surface area (Å²) in [6.07, 6.45) is 0.943. The minimum atomic E-state index is -0.380. The van der Waals surface area contributed by atoms with Gasteiger partial charge < -0.3 is 33.9 Å². The van der Waals surface area contributed by atoms with Crippen LogP contribution in [0.2, 0.25) is 0 Å². The Bertz CT molecular complexity index is 873. The first-order valence-corrected chi connectivity index (χ1v) is 9.46. The van der Waals surface area contributed by atoms with Crippen LogP contribution < -0.4 is 18.9 Å². The molecule has 2 aromatic carbocycles. The molecule has 8 nitrogen and oxygen atoms in total. The molecule has 0 radical (unpaired) electrons. The number of benzene rings is 2. The summed E-state index contributed by atoms with van der Waals surface area (Å²) in [4.78, 5) is 12.4. The summed E-state index contributed by atoms with van der Waals surface area (Å²) in [5.41, 5.74) is 1.65. The topological polar surface area (TPSA) is 104 Å². The van der Waals surface area contributed by atoms with Crippen molar-refractivity contribution in [1.29, 1.82) is 0 Å². The normalized spacial score (nSPS) is 18.1. The molecule has 162 valence electrons. The van der Waals surface area contributed by atoms with E-state index in [-0.39, 0.29) is 40.8 Å². The first-order chi connectivity index (χ1) is 14.4. The number of cyclic esters (lactones) is 1. The lowest BCUT2D eigenvalue weighted by Crippen LogP contribution is -2.20. The van der Waals surface area contributed by atoms with Crippen LogP contribution in [0.25, 0.3) is 0 Å². The molecule has 0 amide bonds. The summed E-state index contributed by atoms with van der Waals surface area (Å²) < 4.78 is 26.2. The summed E-state index contributed by atoms with van der Waals surface area (Å²) in [7, 11) is 5.84. The Kier molecular flexibility index (Phi) is 6.44. The summed E-state index contributed by atoms with van der Waals surface area (Å²) in [6.45, 7) is 0.293. The quantitative estimate of drug-likeness (QED) is 0.631. The van der Waals surface area contributed by atoms with Crippen LogP contribution in [0.4, 0.5) is 0 Å². The molecule has 2 atom stereocenters. The van der Waals surface area contributed by atoms with E-state index in [4.69, 9.17) is 23.7 Å². The van der Waals surface area contributed by atoms with E-state index in [1.54, 1.807) is 24.3 Å². The monoisotopic (exact) mass is 418 g/mol. The third-order valence-electron chi connectivity index (χ3n) is 5.34. The van der Waals surface area contributed by atoms with Gasteiger partial charge in [-0.05, 0) is 48.2 Å². The molecule has 1 aliphatic rings. The lowest BCUT2D eigenvalue weighted by molar-refractivity contribution is -0.141. The second-order valence-electron chi connectivity index (χ2n) is 7.10. The van der Waals surface area contributed by atoms with Gasteiger partial charge >= 0.3 is 5.97 Å². The van der Waals surface area contributed by atoms with E-state index < -0.39 is 0 Å². The van der Waals surface area contributed by atoms with E-state index in [9.17, 15) is 15.0 Å². The molecule has 30 heavy (non-hydrogen) atoms. The Morgan fingerprint density at radius 3 is 1.60 bits per heavy atom. The van der Waals surface area contributed by atoms with Crippen LogP contribution in [0, 0.1) is 11.8 Å². The van der Waals surface area contributed by atoms with Gasteiger partial charge in [-0.15, -0.1) is 0 Å². The van der Waals surface area contributed by atoms with Crippen LogP contribution in [-0.2, 0) is 22.4 Å². The number of esters is 1. The maximum absolute atomic E-state index is 12.4. The highest BCUT2D eigenvalue weighted by atomic mass is 16.5. The molecule has 1 fully saturated rings. The van der Waals surface area contributed by atoms with E-state index in [1.807, 2.05) is 0 Å². The minimum absolute atomic E-state index is 0.0673. The standard InChI is InChI=1S/C22H26O8/c1-26-16-7-12(8-17(27-2)20(16)23)5-14-11-30-22(25)15(14)6-13-9-18(28-3)21(24)19(10-13)29-4/h7-10,14-15,23-24H,5-6,11H2,1-4H3/t14-,15+/m1/s1. The number of phenols is 2. The fraction of sp³-hybridized carbons (Fsp3) is 0.409. The molecule has 3 rings (SSSR count). The average molecular weight is 418 g/mol. The molecule has 0 saturated carbocycles. The summed E-state index contributed by atoms with van der Waals surface area (Å²) >= 11 is 0. The van der Waals surface area contributed by atoms with Crippen molar-refractivity contribution in [2.24, 2.45) is 11.8 Å². The van der Waals surface area contributed by atoms with Gasteiger partial charge in [0.1, 0.15) is 0 Å². The Balaban J connectivity index is 1.85. The second-order valence-corrected chi connectivity index (χ2v) is 7.10. The van der Waals surface area contributed by atoms with Gasteiger partial charge in [0.05, 0.1) is 41.0 Å². The van der Waals surface area contributed by atoms with Crippen LogP contribution in [-0.4, -0.2) is 51.2 Å². The van der Waals surface area contributed by atoms with Crippen molar-refractivity contribution in [1.82, 2.24) is 0 Å². The fourth-order valence-electron chi connectivity index (χ4n) is 3.74. The average Bonchev–Trinajstić information content (AvgIpc) is 3.09. The molecule has 0 aliphatic carbocycles. The number of ether oxygens (including phenoxy) is 5. The number of carbonyl (C=O) groups is 1. The molecule has 2 N–H and O–H groups in total. The predicted octanol–water partition coefficient (Wildman–Crippen LogP) is 2.71. The molecule has 2 aromatic rings. The highest BCUT2D eigenvalue weighted by Crippen LogP contribution is 2.41. The number of rotatable bonds is 8. The van der Waals surface area contributed by atoms with Gasteiger partial charge in [-0.25, -0.2) is 0 Å². The largest absolute Gasteiger partial charge is 0.502 e. The zero-order chi connectivity index (χ0) is 21.8. The van der Waals surface area contributed by atoms with Crippen LogP contribution in [0.1, 0.15) is 11.1 Å².